The SMILES string of the molecule is CCCC(C)Nc1c([N+](=O)[O-])ncn1C. The number of nitrogens with one attached hydrogen (secondary N) is 1. The molecule has 0 fully saturated rings. The molecule has 1 heterocycles. The molecule has 6 nitrogen and oxygen atoms in total. The fourth-order valence-corrected chi connectivity index (χ4v) is 1.46. The third-order valence-corrected chi connectivity index (χ3v) is 2.20. The molecule has 0 radical (unpaired) electrons. The van der Waals surface area contributed by atoms with Crippen molar-refractivity contribution in [3.05, 3.63) is 16.4 Å². The Labute approximate surface area is 88.5 Å². The predicted octanol–water partition coefficient (Wildman–Crippen LogP) is 1.93. The lowest BCUT2D eigenvalue weighted by molar-refractivity contribution is -0.388. The minimum Gasteiger partial charge on any atom is -0.362 e. The molecule has 0 aliphatic heterocycles. The second kappa shape index (κ2) is 4.77. The number of hydrogen-bond acceptors (Lipinski definition) is 4. The van der Waals surface area contributed by atoms with Crippen LogP contribution < -0.4 is 5.32 Å². The van der Waals surface area contributed by atoms with Gasteiger partial charge in [-0.25, -0.2) is 0 Å². The number of hydrogen-bond donors (Lipinski definition) is 1. The standard InChI is InChI=1S/C9H16N4O2/c1-4-5-7(2)11-9-8(13(14)15)10-6-12(9)3/h6-7,11H,4-5H2,1-3H3. The molecule has 1 unspecified atom stereocenters. The topological polar surface area (TPSA) is 73.0 Å². The quantitative estimate of drug-likeness (QED) is 0.597. The zero-order chi connectivity index (χ0) is 11.4. The lowest BCUT2D eigenvalue weighted by Gasteiger charge is -2.13. The molecule has 6 heteroatoms. The summed E-state index contributed by atoms with van der Waals surface area (Å²) in [6.45, 7) is 4.08. The molecule has 1 atom stereocenters. The highest BCUT2D eigenvalue weighted by atomic mass is 16.6. The Morgan fingerprint density at radius 2 is 2.40 bits per heavy atom. The van der Waals surface area contributed by atoms with Gasteiger partial charge in [0.05, 0.1) is 0 Å². The van der Waals surface area contributed by atoms with E-state index >= 15 is 0 Å². The van der Waals surface area contributed by atoms with Crippen molar-refractivity contribution >= 4 is 11.6 Å². The van der Waals surface area contributed by atoms with Crippen molar-refractivity contribution in [3.63, 3.8) is 0 Å². The van der Waals surface area contributed by atoms with Crippen LogP contribution in [-0.4, -0.2) is 20.5 Å². The maximum Gasteiger partial charge on any atom is 0.406 e. The Balaban J connectivity index is 2.83. The van der Waals surface area contributed by atoms with Gasteiger partial charge in [0.15, 0.2) is 0 Å². The van der Waals surface area contributed by atoms with Crippen molar-refractivity contribution in [1.82, 2.24) is 9.55 Å². The van der Waals surface area contributed by atoms with Crippen LogP contribution in [0.2, 0.25) is 0 Å². The summed E-state index contributed by atoms with van der Waals surface area (Å²) in [5.74, 6) is 0.362. The van der Waals surface area contributed by atoms with E-state index in [4.69, 9.17) is 0 Å². The summed E-state index contributed by atoms with van der Waals surface area (Å²) in [6, 6.07) is 0.212. The molecule has 0 aromatic carbocycles. The van der Waals surface area contributed by atoms with E-state index in [0.717, 1.165) is 12.8 Å². The summed E-state index contributed by atoms with van der Waals surface area (Å²) < 4.78 is 1.63. The molecule has 1 rings (SSSR count). The van der Waals surface area contributed by atoms with Gasteiger partial charge in [0, 0.05) is 13.1 Å². The summed E-state index contributed by atoms with van der Waals surface area (Å²) in [7, 11) is 1.74. The van der Waals surface area contributed by atoms with Gasteiger partial charge in [0.25, 0.3) is 0 Å². The minimum absolute atomic E-state index is 0.111. The first kappa shape index (κ1) is 11.5. The molecule has 1 aromatic heterocycles. The van der Waals surface area contributed by atoms with Crippen molar-refractivity contribution in [2.75, 3.05) is 5.32 Å². The van der Waals surface area contributed by atoms with E-state index < -0.39 is 4.92 Å². The van der Waals surface area contributed by atoms with Crippen LogP contribution in [0.1, 0.15) is 26.7 Å². The maximum atomic E-state index is 10.7. The largest absolute Gasteiger partial charge is 0.406 e. The fraction of sp³-hybridized carbons (Fsp3) is 0.667. The average molecular weight is 212 g/mol. The number of nitrogens with zero attached hydrogens (tertiary/aromatic N) is 3. The lowest BCUT2D eigenvalue weighted by Crippen LogP contribution is -2.17. The lowest BCUT2D eigenvalue weighted by atomic mass is 10.2. The van der Waals surface area contributed by atoms with E-state index in [0.29, 0.717) is 5.82 Å². The highest BCUT2D eigenvalue weighted by Gasteiger charge is 2.20. The first-order chi connectivity index (χ1) is 7.06. The van der Waals surface area contributed by atoms with Crippen LogP contribution >= 0.6 is 0 Å². The average Bonchev–Trinajstić information content (AvgIpc) is 2.48. The Morgan fingerprint density at radius 3 is 2.93 bits per heavy atom. The number of nitro groups is 1. The summed E-state index contributed by atoms with van der Waals surface area (Å²) in [5.41, 5.74) is 0. The molecule has 1 N–H and O–H groups in total. The fourth-order valence-electron chi connectivity index (χ4n) is 1.46. The minimum atomic E-state index is -0.471. The van der Waals surface area contributed by atoms with Gasteiger partial charge in [-0.1, -0.05) is 13.3 Å². The molecule has 0 spiro atoms. The normalized spacial score (nSPS) is 12.5. The van der Waals surface area contributed by atoms with Crippen LogP contribution in [0.3, 0.4) is 0 Å². The van der Waals surface area contributed by atoms with E-state index in [1.807, 2.05) is 6.92 Å². The van der Waals surface area contributed by atoms with E-state index in [-0.39, 0.29) is 11.9 Å². The van der Waals surface area contributed by atoms with Crippen LogP contribution in [0.5, 0.6) is 0 Å². The Morgan fingerprint density at radius 1 is 1.73 bits per heavy atom. The van der Waals surface area contributed by atoms with Crippen LogP contribution in [0, 0.1) is 10.1 Å². The first-order valence-corrected chi connectivity index (χ1v) is 4.98. The molecular formula is C9H16N4O2. The summed E-state index contributed by atoms with van der Waals surface area (Å²) in [4.78, 5) is 13.9. The van der Waals surface area contributed by atoms with Crippen LogP contribution in [0.15, 0.2) is 6.33 Å². The smallest absolute Gasteiger partial charge is 0.362 e. The Bertz CT molecular complexity index is 348. The zero-order valence-electron chi connectivity index (χ0n) is 9.23. The second-order valence-corrected chi connectivity index (χ2v) is 3.62. The van der Waals surface area contributed by atoms with Gasteiger partial charge in [-0.3, -0.25) is 4.57 Å². The van der Waals surface area contributed by atoms with E-state index in [9.17, 15) is 10.1 Å². The van der Waals surface area contributed by atoms with Gasteiger partial charge in [-0.05, 0) is 23.3 Å². The third kappa shape index (κ3) is 2.68. The zero-order valence-corrected chi connectivity index (χ0v) is 9.23. The van der Waals surface area contributed by atoms with Crippen LogP contribution in [0.25, 0.3) is 0 Å². The van der Waals surface area contributed by atoms with Crippen LogP contribution in [0.4, 0.5) is 11.6 Å². The maximum absolute atomic E-state index is 10.7. The Hall–Kier alpha value is -1.59. The molecule has 0 aliphatic rings. The van der Waals surface area contributed by atoms with Gasteiger partial charge in [0.1, 0.15) is 0 Å². The summed E-state index contributed by atoms with van der Waals surface area (Å²) in [5, 5.41) is 13.8. The number of anilines is 1. The molecule has 0 amide bonds. The highest BCUT2D eigenvalue weighted by molar-refractivity contribution is 5.52. The summed E-state index contributed by atoms with van der Waals surface area (Å²) >= 11 is 0. The van der Waals surface area contributed by atoms with Crippen molar-refractivity contribution in [3.8, 4) is 0 Å². The second-order valence-electron chi connectivity index (χ2n) is 3.62. The molecule has 84 valence electrons. The predicted molar refractivity (Wildman–Crippen MR) is 57.9 cm³/mol. The van der Waals surface area contributed by atoms with Crippen LogP contribution in [-0.2, 0) is 7.05 Å². The highest BCUT2D eigenvalue weighted by Crippen LogP contribution is 2.22. The molecule has 0 bridgehead atoms. The number of aromatic nitrogens is 2. The van der Waals surface area contributed by atoms with Gasteiger partial charge >= 0.3 is 5.82 Å². The molecule has 0 aliphatic carbocycles. The van der Waals surface area contributed by atoms with Gasteiger partial charge in [-0.15, -0.1) is 0 Å². The molecule has 0 saturated carbocycles. The summed E-state index contributed by atoms with van der Waals surface area (Å²) in [6.07, 6.45) is 3.46. The van der Waals surface area contributed by atoms with E-state index in [2.05, 4.69) is 17.2 Å². The van der Waals surface area contributed by atoms with Gasteiger partial charge < -0.3 is 15.4 Å². The van der Waals surface area contributed by atoms with Crippen molar-refractivity contribution < 1.29 is 4.92 Å². The number of aryl methyl sites for hydroxylation is 1. The monoisotopic (exact) mass is 212 g/mol. The van der Waals surface area contributed by atoms with E-state index in [1.54, 1.807) is 11.6 Å². The van der Waals surface area contributed by atoms with Gasteiger partial charge in [0.2, 0.25) is 12.1 Å². The number of rotatable bonds is 5. The number of imidazole rings is 1. The van der Waals surface area contributed by atoms with E-state index in [1.165, 1.54) is 6.33 Å². The Kier molecular flexibility index (Phi) is 3.65. The molecular weight excluding hydrogens is 196 g/mol. The van der Waals surface area contributed by atoms with Gasteiger partial charge in [-0.2, -0.15) is 0 Å². The molecule has 1 aromatic rings. The van der Waals surface area contributed by atoms with Crippen molar-refractivity contribution in [2.24, 2.45) is 7.05 Å². The van der Waals surface area contributed by atoms with Crippen molar-refractivity contribution in [1.29, 1.82) is 0 Å². The first-order valence-electron chi connectivity index (χ1n) is 4.98. The molecule has 0 saturated heterocycles. The molecule has 15 heavy (non-hydrogen) atoms. The third-order valence-electron chi connectivity index (χ3n) is 2.20. The van der Waals surface area contributed by atoms with Crippen molar-refractivity contribution in [2.45, 2.75) is 32.7 Å².